The highest BCUT2D eigenvalue weighted by Crippen LogP contribution is 2.14. The van der Waals surface area contributed by atoms with Gasteiger partial charge in [-0.3, -0.25) is 4.21 Å². The second kappa shape index (κ2) is 6.87. The first-order chi connectivity index (χ1) is 10.0. The van der Waals surface area contributed by atoms with E-state index in [2.05, 4.69) is 15.4 Å². The molecule has 7 heteroatoms. The van der Waals surface area contributed by atoms with Crippen LogP contribution in [-0.4, -0.2) is 14.8 Å². The van der Waals surface area contributed by atoms with Crippen molar-refractivity contribution in [3.05, 3.63) is 54.1 Å². The number of anilines is 3. The van der Waals surface area contributed by atoms with E-state index in [0.29, 0.717) is 17.1 Å². The molecule has 21 heavy (non-hydrogen) atoms. The highest BCUT2D eigenvalue weighted by Gasteiger charge is 2.02. The van der Waals surface area contributed by atoms with Crippen molar-refractivity contribution in [2.24, 2.45) is 0 Å². The van der Waals surface area contributed by atoms with Gasteiger partial charge in [-0.1, -0.05) is 17.7 Å². The Bertz CT molecular complexity index is 642. The quantitative estimate of drug-likeness (QED) is 0.758. The molecule has 1 unspecified atom stereocenters. The highest BCUT2D eigenvalue weighted by atomic mass is 32.2. The lowest BCUT2D eigenvalue weighted by molar-refractivity contribution is 0.262. The van der Waals surface area contributed by atoms with Gasteiger partial charge in [0.05, 0.1) is 0 Å². The summed E-state index contributed by atoms with van der Waals surface area (Å²) in [5, 5.41) is 5.35. The van der Waals surface area contributed by atoms with Crippen molar-refractivity contribution in [3.8, 4) is 0 Å². The summed E-state index contributed by atoms with van der Waals surface area (Å²) in [6.07, 6.45) is 0. The Morgan fingerprint density at radius 2 is 1.33 bits per heavy atom. The molecule has 6 nitrogen and oxygen atoms in total. The molecule has 0 aliphatic rings. The van der Waals surface area contributed by atoms with Gasteiger partial charge in [0.2, 0.25) is 0 Å². The van der Waals surface area contributed by atoms with Crippen LogP contribution < -0.4 is 15.4 Å². The lowest BCUT2D eigenvalue weighted by Crippen LogP contribution is -2.19. The van der Waals surface area contributed by atoms with E-state index in [1.54, 1.807) is 24.3 Å². The number of rotatable bonds is 4. The second-order valence-electron chi connectivity index (χ2n) is 4.36. The molecule has 2 aromatic rings. The average Bonchev–Trinajstić information content (AvgIpc) is 2.43. The summed E-state index contributed by atoms with van der Waals surface area (Å²) in [6.45, 7) is 1.97. The van der Waals surface area contributed by atoms with Crippen molar-refractivity contribution in [2.75, 3.05) is 15.4 Å². The van der Waals surface area contributed by atoms with Crippen molar-refractivity contribution in [1.82, 2.24) is 0 Å². The Balaban J connectivity index is 1.93. The van der Waals surface area contributed by atoms with Crippen LogP contribution in [0.4, 0.5) is 21.9 Å². The summed E-state index contributed by atoms with van der Waals surface area (Å²) in [5.41, 5.74) is 2.78. The van der Waals surface area contributed by atoms with Gasteiger partial charge in [0.15, 0.2) is 0 Å². The summed E-state index contributed by atoms with van der Waals surface area (Å²) >= 11 is -2.36. The fourth-order valence-corrected chi connectivity index (χ4v) is 1.98. The van der Waals surface area contributed by atoms with E-state index < -0.39 is 11.3 Å². The Hall–Kier alpha value is -2.38. The predicted octanol–water partition coefficient (Wildman–Crippen LogP) is 2.85. The fraction of sp³-hybridized carbons (Fsp3) is 0.0714. The van der Waals surface area contributed by atoms with Gasteiger partial charge in [0.25, 0.3) is 0 Å². The molecule has 0 saturated carbocycles. The predicted molar refractivity (Wildman–Crippen MR) is 82.8 cm³/mol. The van der Waals surface area contributed by atoms with E-state index >= 15 is 0 Å². The van der Waals surface area contributed by atoms with Crippen LogP contribution in [0.15, 0.2) is 48.5 Å². The lowest BCUT2D eigenvalue weighted by Gasteiger charge is -2.10. The number of aryl methyl sites for hydroxylation is 1. The van der Waals surface area contributed by atoms with Crippen LogP contribution in [0.5, 0.6) is 0 Å². The monoisotopic (exact) mass is 304 g/mol. The number of hydrogen-bond acceptors (Lipinski definition) is 3. The van der Waals surface area contributed by atoms with Crippen molar-refractivity contribution >= 4 is 34.4 Å². The van der Waals surface area contributed by atoms with Crippen LogP contribution >= 0.6 is 0 Å². The van der Waals surface area contributed by atoms with Gasteiger partial charge in [-0.25, -0.2) is 4.79 Å². The molecule has 110 valence electrons. The molecular weight excluding hydrogens is 290 g/mol. The lowest BCUT2D eigenvalue weighted by atomic mass is 10.2. The van der Waals surface area contributed by atoms with E-state index in [4.69, 9.17) is 0 Å². The van der Waals surface area contributed by atoms with E-state index in [1.807, 2.05) is 31.2 Å². The van der Waals surface area contributed by atoms with Crippen molar-refractivity contribution in [3.63, 3.8) is 0 Å². The van der Waals surface area contributed by atoms with Gasteiger partial charge in [-0.05, 0) is 43.3 Å². The summed E-state index contributed by atoms with van der Waals surface area (Å²) < 4.78 is 23.2. The third-order valence-electron chi connectivity index (χ3n) is 2.65. The van der Waals surface area contributed by atoms with E-state index in [1.165, 1.54) is 0 Å². The van der Waals surface area contributed by atoms with Gasteiger partial charge in [0, 0.05) is 28.3 Å². The van der Waals surface area contributed by atoms with Gasteiger partial charge >= 0.3 is 6.03 Å². The first-order valence-electron chi connectivity index (χ1n) is 6.13. The number of nitrogens with one attached hydrogen (secondary N) is 3. The fourth-order valence-electron chi connectivity index (χ4n) is 1.65. The number of carbonyl (C=O) groups excluding carboxylic acids is 1. The molecule has 0 fully saturated rings. The standard InChI is InChI=1S/C14H15N3O3S/c1-10-2-4-11(5-3-10)15-14(18)16-12-6-8-13(9-7-12)17-21(19)20/h2-9,17H,1H3,(H,19,20)(H2,15,16,18)/p-1. The Kier molecular flexibility index (Phi) is 4.91. The van der Waals surface area contributed by atoms with Crippen LogP contribution in [0, 0.1) is 6.92 Å². The minimum atomic E-state index is -2.36. The Labute approximate surface area is 125 Å². The maximum absolute atomic E-state index is 11.8. The van der Waals surface area contributed by atoms with E-state index in [-0.39, 0.29) is 6.03 Å². The third kappa shape index (κ3) is 4.90. The van der Waals surface area contributed by atoms with Crippen molar-refractivity contribution < 1.29 is 13.6 Å². The van der Waals surface area contributed by atoms with Crippen LogP contribution in [0.25, 0.3) is 0 Å². The number of urea groups is 1. The third-order valence-corrected chi connectivity index (χ3v) is 3.06. The molecule has 0 spiro atoms. The molecular formula is C14H14N3O3S-. The number of benzene rings is 2. The molecule has 2 aromatic carbocycles. The maximum Gasteiger partial charge on any atom is 0.323 e. The molecule has 0 aromatic heterocycles. The van der Waals surface area contributed by atoms with E-state index in [0.717, 1.165) is 5.56 Å². The highest BCUT2D eigenvalue weighted by molar-refractivity contribution is 7.80. The van der Waals surface area contributed by atoms with Crippen LogP contribution in [0.3, 0.4) is 0 Å². The second-order valence-corrected chi connectivity index (χ2v) is 5.03. The number of hydrogen-bond donors (Lipinski definition) is 3. The SMILES string of the molecule is Cc1ccc(NC(=O)Nc2ccc(NS(=O)[O-])cc2)cc1. The summed E-state index contributed by atoms with van der Waals surface area (Å²) in [4.78, 5) is 11.8. The average molecular weight is 304 g/mol. The van der Waals surface area contributed by atoms with Crippen molar-refractivity contribution in [1.29, 1.82) is 0 Å². The number of carbonyl (C=O) groups is 1. The smallest absolute Gasteiger partial charge is 0.323 e. The summed E-state index contributed by atoms with van der Waals surface area (Å²) in [6, 6.07) is 13.4. The molecule has 0 radical (unpaired) electrons. The molecule has 2 rings (SSSR count). The molecule has 3 N–H and O–H groups in total. The zero-order valence-corrected chi connectivity index (χ0v) is 12.1. The zero-order chi connectivity index (χ0) is 15.2. The minimum absolute atomic E-state index is 0.369. The summed E-state index contributed by atoms with van der Waals surface area (Å²) in [7, 11) is 0. The minimum Gasteiger partial charge on any atom is -0.755 e. The van der Waals surface area contributed by atoms with Gasteiger partial charge in [0.1, 0.15) is 0 Å². The summed E-state index contributed by atoms with van der Waals surface area (Å²) in [5.74, 6) is 0. The number of amides is 2. The Morgan fingerprint density at radius 1 is 0.905 bits per heavy atom. The molecule has 0 aliphatic heterocycles. The molecule has 0 aliphatic carbocycles. The largest absolute Gasteiger partial charge is 0.755 e. The van der Waals surface area contributed by atoms with E-state index in [9.17, 15) is 13.6 Å². The van der Waals surface area contributed by atoms with Crippen LogP contribution in [0.1, 0.15) is 5.56 Å². The zero-order valence-electron chi connectivity index (χ0n) is 11.3. The maximum atomic E-state index is 11.8. The van der Waals surface area contributed by atoms with Gasteiger partial charge in [-0.2, -0.15) is 0 Å². The van der Waals surface area contributed by atoms with Crippen LogP contribution in [-0.2, 0) is 11.3 Å². The van der Waals surface area contributed by atoms with Crippen molar-refractivity contribution in [2.45, 2.75) is 6.92 Å². The first kappa shape index (κ1) is 15.0. The molecule has 1 atom stereocenters. The topological polar surface area (TPSA) is 93.3 Å². The van der Waals surface area contributed by atoms with Crippen LogP contribution in [0.2, 0.25) is 0 Å². The van der Waals surface area contributed by atoms with Gasteiger partial charge < -0.3 is 19.9 Å². The first-order valence-corrected chi connectivity index (χ1v) is 7.21. The molecule has 2 amide bonds. The molecule has 0 bridgehead atoms. The molecule has 0 saturated heterocycles. The normalized spacial score (nSPS) is 11.5. The molecule has 0 heterocycles. The van der Waals surface area contributed by atoms with Gasteiger partial charge in [-0.15, -0.1) is 0 Å². The Morgan fingerprint density at radius 3 is 1.81 bits per heavy atom.